The van der Waals surface area contributed by atoms with E-state index in [0.717, 1.165) is 70.6 Å². The van der Waals surface area contributed by atoms with E-state index in [2.05, 4.69) is 26.0 Å². The zero-order valence-corrected chi connectivity index (χ0v) is 16.7. The van der Waals surface area contributed by atoms with E-state index in [1.54, 1.807) is 0 Å². The van der Waals surface area contributed by atoms with Gasteiger partial charge in [-0.2, -0.15) is 0 Å². The number of aliphatic carboxylic acids is 1. The highest BCUT2D eigenvalue weighted by Gasteiger charge is 2.15. The Balaban J connectivity index is 3.51. The second kappa shape index (κ2) is 18.0. The molecule has 2 atom stereocenters. The van der Waals surface area contributed by atoms with Gasteiger partial charge in [-0.3, -0.25) is 4.79 Å². The molecule has 0 aromatic carbocycles. The maximum absolute atomic E-state index is 11.2. The van der Waals surface area contributed by atoms with Crippen LogP contribution in [-0.4, -0.2) is 22.3 Å². The Hall–Kier alpha value is -0.830. The van der Waals surface area contributed by atoms with E-state index >= 15 is 0 Å². The Labute approximate surface area is 155 Å². The Morgan fingerprint density at radius 2 is 1.40 bits per heavy atom. The smallest absolute Gasteiger partial charge is 0.306 e. The van der Waals surface area contributed by atoms with Gasteiger partial charge < -0.3 is 10.2 Å². The maximum Gasteiger partial charge on any atom is 0.306 e. The number of hydrogen-bond acceptors (Lipinski definition) is 2. The number of aliphatic hydroxyl groups excluding tert-OH is 1. The van der Waals surface area contributed by atoms with Crippen LogP contribution in [-0.2, 0) is 4.79 Å². The first-order chi connectivity index (χ1) is 12.1. The summed E-state index contributed by atoms with van der Waals surface area (Å²) in [6.07, 6.45) is 20.0. The lowest BCUT2D eigenvalue weighted by atomic mass is 9.95. The summed E-state index contributed by atoms with van der Waals surface area (Å²) in [7, 11) is 0. The van der Waals surface area contributed by atoms with Crippen molar-refractivity contribution in [2.24, 2.45) is 5.92 Å². The average Bonchev–Trinajstić information content (AvgIpc) is 2.59. The minimum atomic E-state index is -0.621. The third kappa shape index (κ3) is 16.4. The van der Waals surface area contributed by atoms with Gasteiger partial charge in [0, 0.05) is 0 Å². The number of carboxylic acids is 1. The molecule has 3 nitrogen and oxygen atoms in total. The standard InChI is InChI=1S/C22H42O3/c1-3-5-7-14-18-21(23)19-15-12-10-8-9-11-13-17-20(22(24)25)16-6-4-2/h12,15,20-21,23H,3-11,13-14,16-19H2,1-2H3,(H,24,25)/t20?,21-/m1/s1. The molecule has 0 aliphatic heterocycles. The van der Waals surface area contributed by atoms with Gasteiger partial charge in [0.1, 0.15) is 0 Å². The molecule has 0 aromatic rings. The van der Waals surface area contributed by atoms with Crippen molar-refractivity contribution in [2.45, 2.75) is 116 Å². The quantitative estimate of drug-likeness (QED) is 0.218. The Morgan fingerprint density at radius 1 is 0.800 bits per heavy atom. The Morgan fingerprint density at radius 3 is 2.08 bits per heavy atom. The summed E-state index contributed by atoms with van der Waals surface area (Å²) in [5, 5.41) is 19.1. The summed E-state index contributed by atoms with van der Waals surface area (Å²) in [6, 6.07) is 0. The molecule has 0 spiro atoms. The largest absolute Gasteiger partial charge is 0.481 e. The van der Waals surface area contributed by atoms with E-state index in [4.69, 9.17) is 0 Å². The van der Waals surface area contributed by atoms with Crippen LogP contribution in [0, 0.1) is 5.92 Å². The molecule has 0 rings (SSSR count). The fourth-order valence-corrected chi connectivity index (χ4v) is 3.14. The van der Waals surface area contributed by atoms with Crippen LogP contribution in [0.5, 0.6) is 0 Å². The van der Waals surface area contributed by atoms with Gasteiger partial charge >= 0.3 is 5.97 Å². The molecule has 25 heavy (non-hydrogen) atoms. The zero-order chi connectivity index (χ0) is 18.8. The van der Waals surface area contributed by atoms with Gasteiger partial charge in [-0.25, -0.2) is 0 Å². The molecule has 0 aromatic heterocycles. The molecule has 0 aliphatic carbocycles. The number of aliphatic hydroxyl groups is 1. The second-order valence-corrected chi connectivity index (χ2v) is 7.38. The summed E-state index contributed by atoms with van der Waals surface area (Å²) >= 11 is 0. The first kappa shape index (κ1) is 24.2. The Bertz CT molecular complexity index is 325. The van der Waals surface area contributed by atoms with Crippen LogP contribution < -0.4 is 0 Å². The van der Waals surface area contributed by atoms with Crippen LogP contribution in [0.2, 0.25) is 0 Å². The first-order valence-electron chi connectivity index (χ1n) is 10.7. The van der Waals surface area contributed by atoms with Crippen LogP contribution >= 0.6 is 0 Å². The highest BCUT2D eigenvalue weighted by molar-refractivity contribution is 5.69. The average molecular weight is 355 g/mol. The first-order valence-corrected chi connectivity index (χ1v) is 10.7. The van der Waals surface area contributed by atoms with Crippen LogP contribution in [0.25, 0.3) is 0 Å². The lowest BCUT2D eigenvalue weighted by molar-refractivity contribution is -0.142. The molecule has 0 radical (unpaired) electrons. The SMILES string of the molecule is CCCCCC[C@@H](O)CC=CCCCCCCC(CCCC)C(=O)O. The highest BCUT2D eigenvalue weighted by atomic mass is 16.4. The molecule has 0 aliphatic rings. The molecule has 3 heteroatoms. The summed E-state index contributed by atoms with van der Waals surface area (Å²) in [4.78, 5) is 11.2. The highest BCUT2D eigenvalue weighted by Crippen LogP contribution is 2.18. The molecule has 0 saturated heterocycles. The normalized spacial score (nSPS) is 14.0. The lowest BCUT2D eigenvalue weighted by Crippen LogP contribution is -2.13. The molecule has 1 unspecified atom stereocenters. The van der Waals surface area contributed by atoms with Gasteiger partial charge in [0.05, 0.1) is 12.0 Å². The van der Waals surface area contributed by atoms with Gasteiger partial charge in [0.2, 0.25) is 0 Å². The summed E-state index contributed by atoms with van der Waals surface area (Å²) in [5.74, 6) is -0.761. The summed E-state index contributed by atoms with van der Waals surface area (Å²) in [6.45, 7) is 4.31. The summed E-state index contributed by atoms with van der Waals surface area (Å²) < 4.78 is 0. The minimum absolute atomic E-state index is 0.140. The molecule has 0 heterocycles. The third-order valence-corrected chi connectivity index (χ3v) is 4.89. The molecule has 0 fully saturated rings. The van der Waals surface area contributed by atoms with Crippen LogP contribution in [0.15, 0.2) is 12.2 Å². The van der Waals surface area contributed by atoms with Gasteiger partial charge in [-0.05, 0) is 38.5 Å². The van der Waals surface area contributed by atoms with Crippen molar-refractivity contribution >= 4 is 5.97 Å². The topological polar surface area (TPSA) is 57.5 Å². The number of rotatable bonds is 18. The molecule has 0 bridgehead atoms. The fourth-order valence-electron chi connectivity index (χ4n) is 3.14. The monoisotopic (exact) mass is 354 g/mol. The number of carboxylic acid groups (broad SMARTS) is 1. The van der Waals surface area contributed by atoms with E-state index in [0.29, 0.717) is 0 Å². The van der Waals surface area contributed by atoms with Crippen LogP contribution in [0.1, 0.15) is 110 Å². The number of allylic oxidation sites excluding steroid dienone is 1. The lowest BCUT2D eigenvalue weighted by Gasteiger charge is -2.11. The van der Waals surface area contributed by atoms with Gasteiger partial charge in [-0.15, -0.1) is 0 Å². The number of carbonyl (C=O) groups is 1. The molecule has 2 N–H and O–H groups in total. The predicted octanol–water partition coefficient (Wildman–Crippen LogP) is 6.50. The molecular formula is C22H42O3. The molecule has 0 amide bonds. The molecule has 0 saturated carbocycles. The van der Waals surface area contributed by atoms with Crippen molar-refractivity contribution in [2.75, 3.05) is 0 Å². The van der Waals surface area contributed by atoms with Crippen molar-refractivity contribution < 1.29 is 15.0 Å². The van der Waals surface area contributed by atoms with Gasteiger partial charge in [0.25, 0.3) is 0 Å². The maximum atomic E-state index is 11.2. The number of unbranched alkanes of at least 4 members (excludes halogenated alkanes) is 8. The van der Waals surface area contributed by atoms with Crippen molar-refractivity contribution in [3.05, 3.63) is 12.2 Å². The number of hydrogen-bond donors (Lipinski definition) is 2. The van der Waals surface area contributed by atoms with Crippen molar-refractivity contribution in [1.29, 1.82) is 0 Å². The van der Waals surface area contributed by atoms with Crippen molar-refractivity contribution in [1.82, 2.24) is 0 Å². The van der Waals surface area contributed by atoms with Crippen molar-refractivity contribution in [3.8, 4) is 0 Å². The van der Waals surface area contributed by atoms with Crippen molar-refractivity contribution in [3.63, 3.8) is 0 Å². The minimum Gasteiger partial charge on any atom is -0.481 e. The second-order valence-electron chi connectivity index (χ2n) is 7.38. The molecular weight excluding hydrogens is 312 g/mol. The molecule has 148 valence electrons. The van der Waals surface area contributed by atoms with E-state index in [1.807, 2.05) is 0 Å². The van der Waals surface area contributed by atoms with Gasteiger partial charge in [-0.1, -0.05) is 83.8 Å². The van der Waals surface area contributed by atoms with E-state index in [9.17, 15) is 15.0 Å². The third-order valence-electron chi connectivity index (χ3n) is 4.89. The van der Waals surface area contributed by atoms with E-state index < -0.39 is 5.97 Å². The fraction of sp³-hybridized carbons (Fsp3) is 0.864. The van der Waals surface area contributed by atoms with Gasteiger partial charge in [0.15, 0.2) is 0 Å². The van der Waals surface area contributed by atoms with E-state index in [1.165, 1.54) is 25.7 Å². The predicted molar refractivity (Wildman–Crippen MR) is 107 cm³/mol. The summed E-state index contributed by atoms with van der Waals surface area (Å²) in [5.41, 5.74) is 0. The van der Waals surface area contributed by atoms with Crippen LogP contribution in [0.4, 0.5) is 0 Å². The Kier molecular flexibility index (Phi) is 17.4. The zero-order valence-electron chi connectivity index (χ0n) is 16.7. The van der Waals surface area contributed by atoms with E-state index in [-0.39, 0.29) is 12.0 Å². The van der Waals surface area contributed by atoms with Crippen LogP contribution in [0.3, 0.4) is 0 Å².